The molecule has 1 aliphatic heterocycles. The van der Waals surface area contributed by atoms with Crippen molar-refractivity contribution >= 4 is 23.5 Å². The third kappa shape index (κ3) is 4.70. The molecule has 1 aromatic heterocycles. The first-order valence-electron chi connectivity index (χ1n) is 7.32. The maximum atomic E-state index is 11.7. The average molecular weight is 291 g/mol. The molecule has 1 fully saturated rings. The van der Waals surface area contributed by atoms with Crippen LogP contribution in [0.5, 0.6) is 0 Å². The maximum Gasteiger partial charge on any atom is 0.243 e. The molecule has 0 spiro atoms. The molecule has 0 aromatic carbocycles. The molecule has 1 saturated heterocycles. The minimum absolute atomic E-state index is 0.0350. The van der Waals surface area contributed by atoms with Gasteiger partial charge in [0.2, 0.25) is 17.8 Å². The van der Waals surface area contributed by atoms with Gasteiger partial charge in [0.25, 0.3) is 0 Å². The van der Waals surface area contributed by atoms with Gasteiger partial charge in [-0.15, -0.1) is 0 Å². The van der Waals surface area contributed by atoms with Crippen LogP contribution in [-0.4, -0.2) is 41.4 Å². The first-order chi connectivity index (χ1) is 10.2. The molecule has 21 heavy (non-hydrogen) atoms. The molecular formula is C14H21N5O2. The third-order valence-electron chi connectivity index (χ3n) is 3.23. The standard InChI is InChI=1S/C14H21N5O2/c1-2-5-12(20)15-10-13(21)18-11-8-16-14(17-9-11)19-6-3-4-7-19/h8-9H,2-7,10H2,1H3,(H,15,20)(H,18,21). The molecule has 1 aromatic rings. The fourth-order valence-corrected chi connectivity index (χ4v) is 2.17. The lowest BCUT2D eigenvalue weighted by Crippen LogP contribution is -2.32. The van der Waals surface area contributed by atoms with Crippen LogP contribution in [0.25, 0.3) is 0 Å². The fourth-order valence-electron chi connectivity index (χ4n) is 2.17. The van der Waals surface area contributed by atoms with Crippen LogP contribution >= 0.6 is 0 Å². The van der Waals surface area contributed by atoms with Crippen molar-refractivity contribution in [3.63, 3.8) is 0 Å². The molecule has 7 heteroatoms. The topological polar surface area (TPSA) is 87.2 Å². The summed E-state index contributed by atoms with van der Waals surface area (Å²) in [6.07, 6.45) is 6.71. The summed E-state index contributed by atoms with van der Waals surface area (Å²) in [6.45, 7) is 3.84. The van der Waals surface area contributed by atoms with Crippen LogP contribution in [-0.2, 0) is 9.59 Å². The molecule has 0 bridgehead atoms. The van der Waals surface area contributed by atoms with E-state index in [1.807, 2.05) is 6.92 Å². The monoisotopic (exact) mass is 291 g/mol. The van der Waals surface area contributed by atoms with Crippen LogP contribution in [0.1, 0.15) is 32.6 Å². The Bertz CT molecular complexity index is 483. The number of nitrogens with one attached hydrogen (secondary N) is 2. The first-order valence-corrected chi connectivity index (χ1v) is 7.32. The Morgan fingerprint density at radius 1 is 1.19 bits per heavy atom. The normalized spacial score (nSPS) is 14.0. The quantitative estimate of drug-likeness (QED) is 0.814. The molecule has 2 rings (SSSR count). The number of rotatable bonds is 6. The Morgan fingerprint density at radius 2 is 1.86 bits per heavy atom. The van der Waals surface area contributed by atoms with E-state index in [0.717, 1.165) is 19.5 Å². The predicted octanol–water partition coefficient (Wildman–Crippen LogP) is 0.932. The van der Waals surface area contributed by atoms with Gasteiger partial charge in [0.05, 0.1) is 24.6 Å². The van der Waals surface area contributed by atoms with Gasteiger partial charge in [-0.05, 0) is 19.3 Å². The van der Waals surface area contributed by atoms with E-state index in [1.165, 1.54) is 12.8 Å². The molecule has 0 saturated carbocycles. The van der Waals surface area contributed by atoms with E-state index in [2.05, 4.69) is 25.5 Å². The Morgan fingerprint density at radius 3 is 2.48 bits per heavy atom. The molecule has 2 heterocycles. The van der Waals surface area contributed by atoms with Crippen molar-refractivity contribution in [3.05, 3.63) is 12.4 Å². The van der Waals surface area contributed by atoms with Gasteiger partial charge in [-0.3, -0.25) is 9.59 Å². The minimum Gasteiger partial charge on any atom is -0.347 e. The van der Waals surface area contributed by atoms with Crippen molar-refractivity contribution in [3.8, 4) is 0 Å². The van der Waals surface area contributed by atoms with Gasteiger partial charge in [0, 0.05) is 19.5 Å². The average Bonchev–Trinajstić information content (AvgIpc) is 3.00. The second-order valence-corrected chi connectivity index (χ2v) is 5.04. The van der Waals surface area contributed by atoms with E-state index in [4.69, 9.17) is 0 Å². The zero-order valence-electron chi connectivity index (χ0n) is 12.3. The molecule has 7 nitrogen and oxygen atoms in total. The van der Waals surface area contributed by atoms with E-state index in [-0.39, 0.29) is 18.4 Å². The van der Waals surface area contributed by atoms with Crippen molar-refractivity contribution in [1.29, 1.82) is 0 Å². The highest BCUT2D eigenvalue weighted by atomic mass is 16.2. The second kappa shape index (κ2) is 7.56. The summed E-state index contributed by atoms with van der Waals surface area (Å²) in [5.74, 6) is 0.298. The SMILES string of the molecule is CCCC(=O)NCC(=O)Nc1cnc(N2CCCC2)nc1. The summed E-state index contributed by atoms with van der Waals surface area (Å²) in [5, 5.41) is 5.22. The Balaban J connectivity index is 1.79. The van der Waals surface area contributed by atoms with Gasteiger partial charge in [0.15, 0.2) is 0 Å². The van der Waals surface area contributed by atoms with E-state index in [1.54, 1.807) is 12.4 Å². The predicted molar refractivity (Wildman–Crippen MR) is 80.0 cm³/mol. The summed E-state index contributed by atoms with van der Waals surface area (Å²) in [4.78, 5) is 33.6. The molecule has 2 N–H and O–H groups in total. The molecule has 114 valence electrons. The van der Waals surface area contributed by atoms with Gasteiger partial charge in [-0.25, -0.2) is 9.97 Å². The Kier molecular flexibility index (Phi) is 5.48. The van der Waals surface area contributed by atoms with Crippen LogP contribution in [0.4, 0.5) is 11.6 Å². The molecule has 0 aliphatic carbocycles. The largest absolute Gasteiger partial charge is 0.347 e. The van der Waals surface area contributed by atoms with Crippen LogP contribution in [0.2, 0.25) is 0 Å². The highest BCUT2D eigenvalue weighted by Crippen LogP contribution is 2.15. The summed E-state index contributed by atoms with van der Waals surface area (Å²) >= 11 is 0. The first kappa shape index (κ1) is 15.2. The number of carbonyl (C=O) groups excluding carboxylic acids is 2. The van der Waals surface area contributed by atoms with E-state index < -0.39 is 0 Å². The van der Waals surface area contributed by atoms with Crippen molar-refractivity contribution < 1.29 is 9.59 Å². The van der Waals surface area contributed by atoms with Gasteiger partial charge >= 0.3 is 0 Å². The molecule has 2 amide bonds. The number of amides is 2. The minimum atomic E-state index is -0.281. The second-order valence-electron chi connectivity index (χ2n) is 5.04. The summed E-state index contributed by atoms with van der Waals surface area (Å²) < 4.78 is 0. The molecule has 0 unspecified atom stereocenters. The van der Waals surface area contributed by atoms with Crippen molar-refractivity contribution in [2.75, 3.05) is 29.9 Å². The number of aromatic nitrogens is 2. The van der Waals surface area contributed by atoms with Gasteiger partial charge in [-0.2, -0.15) is 0 Å². The third-order valence-corrected chi connectivity index (χ3v) is 3.23. The fraction of sp³-hybridized carbons (Fsp3) is 0.571. The molecule has 1 aliphatic rings. The van der Waals surface area contributed by atoms with Crippen LogP contribution in [0, 0.1) is 0 Å². The van der Waals surface area contributed by atoms with Crippen molar-refractivity contribution in [2.45, 2.75) is 32.6 Å². The number of hydrogen-bond donors (Lipinski definition) is 2. The number of anilines is 2. The Hall–Kier alpha value is -2.18. The van der Waals surface area contributed by atoms with Crippen molar-refractivity contribution in [1.82, 2.24) is 15.3 Å². The van der Waals surface area contributed by atoms with Crippen LogP contribution in [0.15, 0.2) is 12.4 Å². The van der Waals surface area contributed by atoms with Crippen molar-refractivity contribution in [2.24, 2.45) is 0 Å². The number of hydrogen-bond acceptors (Lipinski definition) is 5. The zero-order chi connectivity index (χ0) is 15.1. The summed E-state index contributed by atoms with van der Waals surface area (Å²) in [6, 6.07) is 0. The van der Waals surface area contributed by atoms with E-state index >= 15 is 0 Å². The number of carbonyl (C=O) groups is 2. The Labute approximate surface area is 124 Å². The summed E-state index contributed by atoms with van der Waals surface area (Å²) in [5.41, 5.74) is 0.535. The lowest BCUT2D eigenvalue weighted by molar-refractivity contribution is -0.124. The summed E-state index contributed by atoms with van der Waals surface area (Å²) in [7, 11) is 0. The molecular weight excluding hydrogens is 270 g/mol. The maximum absolute atomic E-state index is 11.7. The highest BCUT2D eigenvalue weighted by molar-refractivity contribution is 5.94. The van der Waals surface area contributed by atoms with Gasteiger partial charge in [0.1, 0.15) is 0 Å². The van der Waals surface area contributed by atoms with Crippen LogP contribution < -0.4 is 15.5 Å². The van der Waals surface area contributed by atoms with Gasteiger partial charge < -0.3 is 15.5 Å². The van der Waals surface area contributed by atoms with Crippen LogP contribution in [0.3, 0.4) is 0 Å². The van der Waals surface area contributed by atoms with E-state index in [9.17, 15) is 9.59 Å². The smallest absolute Gasteiger partial charge is 0.243 e. The van der Waals surface area contributed by atoms with E-state index in [0.29, 0.717) is 18.1 Å². The zero-order valence-corrected chi connectivity index (χ0v) is 12.3. The highest BCUT2D eigenvalue weighted by Gasteiger charge is 2.14. The van der Waals surface area contributed by atoms with Gasteiger partial charge in [-0.1, -0.05) is 6.92 Å². The lowest BCUT2D eigenvalue weighted by Gasteiger charge is -2.14. The lowest BCUT2D eigenvalue weighted by atomic mass is 10.3. The molecule has 0 atom stereocenters. The molecule has 0 radical (unpaired) electrons. The number of nitrogens with zero attached hydrogens (tertiary/aromatic N) is 3.